The first-order valence-corrected chi connectivity index (χ1v) is 14.1. The van der Waals surface area contributed by atoms with Gasteiger partial charge in [0.15, 0.2) is 12.4 Å². The van der Waals surface area contributed by atoms with E-state index in [4.69, 9.17) is 9.47 Å². The second-order valence-electron chi connectivity index (χ2n) is 12.8. The number of fused-ring (bicyclic) bond motifs is 5. The quantitative estimate of drug-likeness (QED) is 0.328. The zero-order valence-electron chi connectivity index (χ0n) is 22.8. The van der Waals surface area contributed by atoms with Gasteiger partial charge in [0.2, 0.25) is 0 Å². The summed E-state index contributed by atoms with van der Waals surface area (Å²) in [5, 5.41) is 11.5. The van der Waals surface area contributed by atoms with Gasteiger partial charge in [-0.1, -0.05) is 37.8 Å². The molecule has 0 amide bonds. The van der Waals surface area contributed by atoms with Crippen LogP contribution in [0.3, 0.4) is 0 Å². The van der Waals surface area contributed by atoms with Crippen molar-refractivity contribution in [2.45, 2.75) is 90.3 Å². The second-order valence-corrected chi connectivity index (χ2v) is 12.8. The largest absolute Gasteiger partial charge is 0.457 e. The van der Waals surface area contributed by atoms with Gasteiger partial charge in [-0.15, -0.1) is 0 Å². The number of methoxy groups -OCH3 is 1. The highest BCUT2D eigenvalue weighted by Crippen LogP contribution is 2.67. The van der Waals surface area contributed by atoms with E-state index in [0.29, 0.717) is 23.0 Å². The normalized spacial score (nSPS) is 40.4. The van der Waals surface area contributed by atoms with Gasteiger partial charge >= 0.3 is 5.97 Å². The molecule has 0 saturated heterocycles. The highest BCUT2D eigenvalue weighted by molar-refractivity contribution is 5.97. The first kappa shape index (κ1) is 26.4. The number of rotatable bonds is 4. The summed E-state index contributed by atoms with van der Waals surface area (Å²) >= 11 is 0. The summed E-state index contributed by atoms with van der Waals surface area (Å²) in [6.45, 7) is 6.03. The van der Waals surface area contributed by atoms with Crippen LogP contribution in [0.25, 0.3) is 0 Å². The summed E-state index contributed by atoms with van der Waals surface area (Å²) in [4.78, 5) is 23.1. The van der Waals surface area contributed by atoms with Crippen LogP contribution in [0.4, 0.5) is 0 Å². The molecule has 5 nitrogen and oxygen atoms in total. The molecule has 0 aliphatic heterocycles. The van der Waals surface area contributed by atoms with E-state index in [-0.39, 0.29) is 17.8 Å². The maximum atomic E-state index is 12.1. The van der Waals surface area contributed by atoms with E-state index in [0.717, 1.165) is 42.6 Å². The van der Waals surface area contributed by atoms with E-state index in [9.17, 15) is 14.7 Å². The van der Waals surface area contributed by atoms with E-state index in [2.05, 4.69) is 25.7 Å². The highest BCUT2D eigenvalue weighted by atomic mass is 16.5. The average Bonchev–Trinajstić information content (AvgIpc) is 3.23. The third-order valence-electron chi connectivity index (χ3n) is 11.0. The van der Waals surface area contributed by atoms with Gasteiger partial charge in [-0.3, -0.25) is 9.59 Å². The Morgan fingerprint density at radius 1 is 0.973 bits per heavy atom. The van der Waals surface area contributed by atoms with E-state index in [1.54, 1.807) is 24.3 Å². The van der Waals surface area contributed by atoms with Crippen LogP contribution in [0.5, 0.6) is 0 Å². The number of hydrogen-bond donors (Lipinski definition) is 1. The van der Waals surface area contributed by atoms with Crippen molar-refractivity contribution in [1.29, 1.82) is 0 Å². The Morgan fingerprint density at radius 2 is 1.70 bits per heavy atom. The van der Waals surface area contributed by atoms with Crippen LogP contribution in [0.1, 0.15) is 94.5 Å². The van der Waals surface area contributed by atoms with Crippen LogP contribution in [0.2, 0.25) is 0 Å². The minimum atomic E-state index is -0.960. The molecule has 0 radical (unpaired) electrons. The van der Waals surface area contributed by atoms with Crippen LogP contribution in [0, 0.1) is 46.3 Å². The van der Waals surface area contributed by atoms with E-state index in [1.807, 2.05) is 7.11 Å². The Kier molecular flexibility index (Phi) is 7.05. The molecule has 1 aromatic carbocycles. The predicted molar refractivity (Wildman–Crippen MR) is 142 cm³/mol. The van der Waals surface area contributed by atoms with Crippen molar-refractivity contribution in [3.63, 3.8) is 0 Å². The number of aliphatic hydroxyl groups is 1. The van der Waals surface area contributed by atoms with Crippen molar-refractivity contribution < 1.29 is 24.2 Å². The summed E-state index contributed by atoms with van der Waals surface area (Å²) in [6, 6.07) is 6.99. The third kappa shape index (κ3) is 4.77. The van der Waals surface area contributed by atoms with Crippen molar-refractivity contribution in [2.75, 3.05) is 13.7 Å². The van der Waals surface area contributed by atoms with Gasteiger partial charge in [-0.25, -0.2) is 0 Å². The van der Waals surface area contributed by atoms with Crippen LogP contribution in [0.15, 0.2) is 24.3 Å². The Bertz CT molecular complexity index is 1100. The monoisotopic (exact) mass is 506 g/mol. The molecule has 5 heteroatoms. The maximum Gasteiger partial charge on any atom is 0.303 e. The lowest BCUT2D eigenvalue weighted by atomic mass is 9.44. The van der Waals surface area contributed by atoms with Crippen LogP contribution in [-0.2, 0) is 14.3 Å². The zero-order chi connectivity index (χ0) is 26.4. The standard InChI is InChI=1S/C32H42O5/c1-21(33)37-20-28(34)23-7-5-22(6-8-23)13-16-32(35)18-17-30(2)24(19-32)9-10-25-26-11-12-29(36-4)31(26,3)15-14-27(25)30/h5-8,24-27,29,35H,9-12,14-15,17-20H2,1-4H3/t24?,25-,26-,27+,29?,30-,31-,32?/m0/s1. The molecule has 1 N–H and O–H groups in total. The molecular formula is C32H42O5. The summed E-state index contributed by atoms with van der Waals surface area (Å²) < 4.78 is 10.7. The fourth-order valence-corrected chi connectivity index (χ4v) is 8.88. The molecule has 200 valence electrons. The van der Waals surface area contributed by atoms with E-state index >= 15 is 0 Å². The van der Waals surface area contributed by atoms with Crippen LogP contribution >= 0.6 is 0 Å². The average molecular weight is 507 g/mol. The molecule has 0 spiro atoms. The van der Waals surface area contributed by atoms with Gasteiger partial charge in [0.05, 0.1) is 6.10 Å². The summed E-state index contributed by atoms with van der Waals surface area (Å²) in [6.07, 6.45) is 10.4. The fourth-order valence-electron chi connectivity index (χ4n) is 8.88. The van der Waals surface area contributed by atoms with Gasteiger partial charge in [0.25, 0.3) is 0 Å². The number of ketones is 1. The van der Waals surface area contributed by atoms with Gasteiger partial charge in [0.1, 0.15) is 5.60 Å². The summed E-state index contributed by atoms with van der Waals surface area (Å²) in [7, 11) is 1.89. The predicted octanol–water partition coefficient (Wildman–Crippen LogP) is 5.57. The van der Waals surface area contributed by atoms with Crippen molar-refractivity contribution in [1.82, 2.24) is 0 Å². The van der Waals surface area contributed by atoms with Gasteiger partial charge in [0, 0.05) is 25.2 Å². The molecule has 1 aromatic rings. The van der Waals surface area contributed by atoms with Gasteiger partial charge in [-0.2, -0.15) is 0 Å². The third-order valence-corrected chi connectivity index (χ3v) is 11.0. The number of Topliss-reactive ketones (excluding diaryl/α,β-unsaturated/α-hetero) is 1. The molecule has 4 fully saturated rings. The van der Waals surface area contributed by atoms with Crippen molar-refractivity contribution >= 4 is 11.8 Å². The van der Waals surface area contributed by atoms with Crippen molar-refractivity contribution in [3.05, 3.63) is 35.4 Å². The van der Waals surface area contributed by atoms with E-state index < -0.39 is 11.6 Å². The minimum Gasteiger partial charge on any atom is -0.457 e. The minimum absolute atomic E-state index is 0.242. The molecule has 8 atom stereocenters. The van der Waals surface area contributed by atoms with Gasteiger partial charge < -0.3 is 14.6 Å². The fraction of sp³-hybridized carbons (Fsp3) is 0.688. The first-order chi connectivity index (χ1) is 17.6. The van der Waals surface area contributed by atoms with Crippen LogP contribution < -0.4 is 0 Å². The maximum absolute atomic E-state index is 12.1. The first-order valence-electron chi connectivity index (χ1n) is 14.1. The molecule has 3 unspecified atom stereocenters. The molecule has 37 heavy (non-hydrogen) atoms. The number of ether oxygens (including phenoxy) is 2. The molecule has 0 bridgehead atoms. The highest BCUT2D eigenvalue weighted by Gasteiger charge is 2.61. The van der Waals surface area contributed by atoms with Crippen LogP contribution in [-0.4, -0.2) is 42.3 Å². The molecular weight excluding hydrogens is 464 g/mol. The number of hydrogen-bond acceptors (Lipinski definition) is 5. The number of carbonyl (C=O) groups is 2. The van der Waals surface area contributed by atoms with Crippen molar-refractivity contribution in [3.8, 4) is 11.8 Å². The lowest BCUT2D eigenvalue weighted by Gasteiger charge is -2.61. The number of carbonyl (C=O) groups excluding carboxylic acids is 2. The lowest BCUT2D eigenvalue weighted by molar-refractivity contribution is -0.146. The Labute approximate surface area is 221 Å². The molecule has 0 heterocycles. The Morgan fingerprint density at radius 3 is 2.41 bits per heavy atom. The SMILES string of the molecule is COC1CC[C@H]2[C@@H]3CCC4CC(O)(C#Cc5ccc(C(=O)COC(C)=O)cc5)CC[C@]4(C)[C@@H]3CC[C@]12C. The molecule has 5 rings (SSSR count). The van der Waals surface area contributed by atoms with E-state index in [1.165, 1.54) is 45.4 Å². The van der Waals surface area contributed by atoms with Gasteiger partial charge in [-0.05, 0) is 104 Å². The molecule has 0 aromatic heterocycles. The summed E-state index contributed by atoms with van der Waals surface area (Å²) in [5.41, 5.74) is 0.917. The summed E-state index contributed by atoms with van der Waals surface area (Å²) in [5.74, 6) is 8.49. The van der Waals surface area contributed by atoms with Crippen molar-refractivity contribution in [2.24, 2.45) is 34.5 Å². The number of benzene rings is 1. The second kappa shape index (κ2) is 9.86. The Balaban J connectivity index is 1.25. The Hall–Kier alpha value is -2.16. The molecule has 4 aliphatic rings. The number of esters is 1. The zero-order valence-corrected chi connectivity index (χ0v) is 22.8. The smallest absolute Gasteiger partial charge is 0.303 e. The molecule has 4 aliphatic carbocycles. The topological polar surface area (TPSA) is 72.8 Å². The molecule has 4 saturated carbocycles. The lowest BCUT2D eigenvalue weighted by Crippen LogP contribution is -2.56.